The highest BCUT2D eigenvalue weighted by Crippen LogP contribution is 2.35. The number of carbonyl (C=O) groups is 1. The van der Waals surface area contributed by atoms with E-state index in [0.29, 0.717) is 36.0 Å². The van der Waals surface area contributed by atoms with Crippen LogP contribution in [-0.2, 0) is 0 Å². The van der Waals surface area contributed by atoms with Crippen LogP contribution in [0.4, 0.5) is 5.82 Å². The lowest BCUT2D eigenvalue weighted by Crippen LogP contribution is -2.15. The number of aromatic amines is 2. The zero-order chi connectivity index (χ0) is 21.1. The largest absolute Gasteiger partial charge is 0.486 e. The maximum absolute atomic E-state index is 13.2. The number of hydrogen-bond donors (Lipinski definition) is 3. The standard InChI is InChI=1S/C22H18N6O3/c1-11-25-15-3-2-13(8-17(15)26-11)28-22(23)14(10-24-28)21(29)18-6-12-7-19-20(9-16(12)27-18)31-5-4-30-19/h2-3,6-10,27H,4-5,23H2,1H3,(H,25,26). The summed E-state index contributed by atoms with van der Waals surface area (Å²) in [4.78, 5) is 23.9. The van der Waals surface area contributed by atoms with E-state index in [1.807, 2.05) is 37.3 Å². The van der Waals surface area contributed by atoms with Gasteiger partial charge in [0.05, 0.1) is 34.2 Å². The molecule has 0 spiro atoms. The van der Waals surface area contributed by atoms with Crippen molar-refractivity contribution in [1.29, 1.82) is 0 Å². The van der Waals surface area contributed by atoms with Crippen LogP contribution in [0.25, 0.3) is 27.6 Å². The van der Waals surface area contributed by atoms with Gasteiger partial charge in [0.25, 0.3) is 0 Å². The molecule has 9 heteroatoms. The Hall–Kier alpha value is -4.27. The quantitative estimate of drug-likeness (QED) is 0.390. The van der Waals surface area contributed by atoms with Crippen LogP contribution in [0.1, 0.15) is 21.9 Å². The first-order chi connectivity index (χ1) is 15.1. The molecule has 0 saturated heterocycles. The first-order valence-corrected chi connectivity index (χ1v) is 9.84. The van der Waals surface area contributed by atoms with Crippen molar-refractivity contribution in [3.8, 4) is 17.2 Å². The Bertz CT molecular complexity index is 1450. The SMILES string of the molecule is Cc1nc2ccc(-n3ncc(C(=O)c4cc5cc6c(cc5[nH]4)OCCO6)c3N)cc2[nH]1. The van der Waals surface area contributed by atoms with Crippen LogP contribution in [-0.4, -0.2) is 43.7 Å². The van der Waals surface area contributed by atoms with Gasteiger partial charge in [0.2, 0.25) is 5.78 Å². The monoisotopic (exact) mass is 414 g/mol. The molecule has 31 heavy (non-hydrogen) atoms. The summed E-state index contributed by atoms with van der Waals surface area (Å²) in [6.07, 6.45) is 1.49. The van der Waals surface area contributed by atoms with Gasteiger partial charge in [-0.1, -0.05) is 0 Å². The van der Waals surface area contributed by atoms with Gasteiger partial charge in [-0.15, -0.1) is 0 Å². The topological polar surface area (TPSA) is 124 Å². The number of nitrogens with one attached hydrogen (secondary N) is 2. The van der Waals surface area contributed by atoms with Gasteiger partial charge >= 0.3 is 0 Å². The van der Waals surface area contributed by atoms with E-state index >= 15 is 0 Å². The minimum atomic E-state index is -0.238. The highest BCUT2D eigenvalue weighted by Gasteiger charge is 2.21. The van der Waals surface area contributed by atoms with E-state index in [1.165, 1.54) is 6.20 Å². The molecule has 1 aliphatic heterocycles. The molecule has 6 rings (SSSR count). The second-order valence-corrected chi connectivity index (χ2v) is 7.47. The molecule has 4 N–H and O–H groups in total. The third kappa shape index (κ3) is 2.74. The summed E-state index contributed by atoms with van der Waals surface area (Å²) >= 11 is 0. The number of ketones is 1. The molecule has 3 aromatic heterocycles. The van der Waals surface area contributed by atoms with E-state index in [2.05, 4.69) is 20.1 Å². The number of nitrogens with zero attached hydrogens (tertiary/aromatic N) is 3. The number of aromatic nitrogens is 5. The molecule has 0 amide bonds. The highest BCUT2D eigenvalue weighted by atomic mass is 16.6. The van der Waals surface area contributed by atoms with E-state index in [1.54, 1.807) is 10.7 Å². The third-order valence-electron chi connectivity index (χ3n) is 5.41. The van der Waals surface area contributed by atoms with Crippen molar-refractivity contribution in [3.63, 3.8) is 0 Å². The molecule has 0 atom stereocenters. The average Bonchev–Trinajstić information content (AvgIpc) is 3.46. The van der Waals surface area contributed by atoms with Crippen molar-refractivity contribution in [3.05, 3.63) is 59.7 Å². The van der Waals surface area contributed by atoms with Gasteiger partial charge in [-0.2, -0.15) is 5.10 Å². The van der Waals surface area contributed by atoms with Gasteiger partial charge in [0.15, 0.2) is 11.5 Å². The van der Waals surface area contributed by atoms with Gasteiger partial charge in [0.1, 0.15) is 24.9 Å². The lowest BCUT2D eigenvalue weighted by atomic mass is 10.1. The molecule has 4 heterocycles. The summed E-state index contributed by atoms with van der Waals surface area (Å²) in [5.74, 6) is 2.20. The minimum Gasteiger partial charge on any atom is -0.486 e. The Morgan fingerprint density at radius 2 is 1.87 bits per heavy atom. The second kappa shape index (κ2) is 6.36. The number of carbonyl (C=O) groups excluding carboxylic acids is 1. The average molecular weight is 414 g/mol. The summed E-state index contributed by atoms with van der Waals surface area (Å²) in [5, 5.41) is 5.21. The summed E-state index contributed by atoms with van der Waals surface area (Å²) in [6, 6.07) is 11.2. The van der Waals surface area contributed by atoms with Gasteiger partial charge in [-0.05, 0) is 37.3 Å². The van der Waals surface area contributed by atoms with E-state index in [9.17, 15) is 4.79 Å². The van der Waals surface area contributed by atoms with Crippen molar-refractivity contribution in [2.45, 2.75) is 6.92 Å². The Morgan fingerprint density at radius 1 is 1.06 bits per heavy atom. The summed E-state index contributed by atoms with van der Waals surface area (Å²) in [7, 11) is 0. The van der Waals surface area contributed by atoms with Crippen molar-refractivity contribution < 1.29 is 14.3 Å². The van der Waals surface area contributed by atoms with Crippen LogP contribution in [0.5, 0.6) is 11.5 Å². The number of imidazole rings is 1. The molecule has 0 radical (unpaired) electrons. The molecule has 9 nitrogen and oxygen atoms in total. The van der Waals surface area contributed by atoms with Crippen molar-refractivity contribution in [1.82, 2.24) is 24.7 Å². The predicted molar refractivity (Wildman–Crippen MR) is 115 cm³/mol. The molecule has 2 aromatic carbocycles. The van der Waals surface area contributed by atoms with Crippen molar-refractivity contribution in [2.75, 3.05) is 18.9 Å². The van der Waals surface area contributed by atoms with Crippen molar-refractivity contribution >= 4 is 33.5 Å². The Kier molecular flexibility index (Phi) is 3.61. The normalized spacial score (nSPS) is 13.2. The fourth-order valence-corrected chi connectivity index (χ4v) is 3.93. The Labute approximate surface area is 175 Å². The molecule has 1 aliphatic rings. The Balaban J connectivity index is 1.38. The fraction of sp³-hybridized carbons (Fsp3) is 0.136. The number of H-pyrrole nitrogens is 2. The molecular formula is C22H18N6O3. The number of fused-ring (bicyclic) bond motifs is 3. The molecule has 0 bridgehead atoms. The zero-order valence-electron chi connectivity index (χ0n) is 16.6. The number of nitrogens with two attached hydrogens (primary N) is 1. The highest BCUT2D eigenvalue weighted by molar-refractivity contribution is 6.12. The van der Waals surface area contributed by atoms with Gasteiger partial charge in [0, 0.05) is 17.0 Å². The number of benzene rings is 2. The molecule has 5 aromatic rings. The number of hydrogen-bond acceptors (Lipinski definition) is 6. The lowest BCUT2D eigenvalue weighted by Gasteiger charge is -2.17. The molecule has 154 valence electrons. The zero-order valence-corrected chi connectivity index (χ0v) is 16.6. The molecule has 0 saturated carbocycles. The lowest BCUT2D eigenvalue weighted by molar-refractivity contribution is 0.103. The number of nitrogen functional groups attached to an aromatic ring is 1. The van der Waals surface area contributed by atoms with Crippen LogP contribution in [0.3, 0.4) is 0 Å². The molecule has 0 unspecified atom stereocenters. The number of ether oxygens (including phenoxy) is 2. The predicted octanol–water partition coefficient (Wildman–Crippen LogP) is 3.12. The summed E-state index contributed by atoms with van der Waals surface area (Å²) < 4.78 is 12.8. The third-order valence-corrected chi connectivity index (χ3v) is 5.41. The summed E-state index contributed by atoms with van der Waals surface area (Å²) in [5.41, 5.74) is 10.3. The van der Waals surface area contributed by atoms with Crippen LogP contribution in [0, 0.1) is 6.92 Å². The number of aryl methyl sites for hydroxylation is 1. The smallest absolute Gasteiger partial charge is 0.214 e. The van der Waals surface area contributed by atoms with Gasteiger partial charge < -0.3 is 25.2 Å². The minimum absolute atomic E-state index is 0.238. The first kappa shape index (κ1) is 17.6. The number of anilines is 1. The fourth-order valence-electron chi connectivity index (χ4n) is 3.93. The van der Waals surface area contributed by atoms with Crippen LogP contribution >= 0.6 is 0 Å². The van der Waals surface area contributed by atoms with Crippen molar-refractivity contribution in [2.24, 2.45) is 0 Å². The summed E-state index contributed by atoms with van der Waals surface area (Å²) in [6.45, 7) is 2.91. The van der Waals surface area contributed by atoms with E-state index < -0.39 is 0 Å². The maximum atomic E-state index is 13.2. The van der Waals surface area contributed by atoms with Crippen LogP contribution < -0.4 is 15.2 Å². The van der Waals surface area contributed by atoms with Crippen LogP contribution in [0.15, 0.2) is 42.6 Å². The first-order valence-electron chi connectivity index (χ1n) is 9.84. The van der Waals surface area contributed by atoms with E-state index in [4.69, 9.17) is 15.2 Å². The number of rotatable bonds is 3. The molecule has 0 fully saturated rings. The maximum Gasteiger partial charge on any atom is 0.214 e. The van der Waals surface area contributed by atoms with Crippen LogP contribution in [0.2, 0.25) is 0 Å². The van der Waals surface area contributed by atoms with E-state index in [-0.39, 0.29) is 11.6 Å². The molecule has 0 aliphatic carbocycles. The Morgan fingerprint density at radius 3 is 2.71 bits per heavy atom. The van der Waals surface area contributed by atoms with Gasteiger partial charge in [-0.25, -0.2) is 9.67 Å². The molecular weight excluding hydrogens is 396 g/mol. The second-order valence-electron chi connectivity index (χ2n) is 7.47. The van der Waals surface area contributed by atoms with E-state index in [0.717, 1.165) is 33.4 Å². The van der Waals surface area contributed by atoms with Gasteiger partial charge in [-0.3, -0.25) is 4.79 Å².